The Labute approximate surface area is 120 Å². The van der Waals surface area contributed by atoms with Crippen LogP contribution in [0.25, 0.3) is 0 Å². The Hall–Kier alpha value is -1.51. The molecule has 0 aliphatic heterocycles. The summed E-state index contributed by atoms with van der Waals surface area (Å²) in [4.78, 5) is 3.50. The largest absolute Gasteiger partial charge is 0.228 e. The van der Waals surface area contributed by atoms with Gasteiger partial charge < -0.3 is 0 Å². The Balaban J connectivity index is 2.16. The van der Waals surface area contributed by atoms with Crippen LogP contribution in [0, 0.1) is 21.2 Å². The molecular formula is C12H7F3IN3. The SMILES string of the molecule is Fc1ccc(N=NCc2c(I)ccnc2F)c(F)c1. The molecule has 1 aromatic carbocycles. The van der Waals surface area contributed by atoms with E-state index in [0.717, 1.165) is 6.07 Å². The maximum absolute atomic E-state index is 13.4. The van der Waals surface area contributed by atoms with E-state index in [2.05, 4.69) is 15.2 Å². The first-order valence-electron chi connectivity index (χ1n) is 5.19. The minimum atomic E-state index is -0.815. The second kappa shape index (κ2) is 6.09. The van der Waals surface area contributed by atoms with Crippen molar-refractivity contribution in [3.63, 3.8) is 0 Å². The summed E-state index contributed by atoms with van der Waals surface area (Å²) in [7, 11) is 0. The normalized spacial score (nSPS) is 11.2. The van der Waals surface area contributed by atoms with Gasteiger partial charge in [0.2, 0.25) is 5.95 Å². The van der Waals surface area contributed by atoms with Gasteiger partial charge in [-0.05, 0) is 40.8 Å². The van der Waals surface area contributed by atoms with Crippen molar-refractivity contribution in [3.8, 4) is 0 Å². The molecule has 0 unspecified atom stereocenters. The first-order valence-corrected chi connectivity index (χ1v) is 6.27. The van der Waals surface area contributed by atoms with Crippen LogP contribution in [0.15, 0.2) is 40.7 Å². The van der Waals surface area contributed by atoms with E-state index in [1.807, 2.05) is 22.6 Å². The van der Waals surface area contributed by atoms with Crippen molar-refractivity contribution >= 4 is 28.3 Å². The van der Waals surface area contributed by atoms with Gasteiger partial charge >= 0.3 is 0 Å². The standard InChI is InChI=1S/C12H7F3IN3/c13-7-1-2-11(9(14)5-7)19-18-6-8-10(16)3-4-17-12(8)15/h1-5H,6H2. The van der Waals surface area contributed by atoms with Gasteiger partial charge in [-0.25, -0.2) is 13.8 Å². The molecule has 1 aromatic heterocycles. The maximum atomic E-state index is 13.4. The summed E-state index contributed by atoms with van der Waals surface area (Å²) >= 11 is 1.95. The van der Waals surface area contributed by atoms with Gasteiger partial charge in [-0.3, -0.25) is 0 Å². The van der Waals surface area contributed by atoms with Gasteiger partial charge in [-0.2, -0.15) is 14.6 Å². The predicted octanol–water partition coefficient (Wildman–Crippen LogP) is 4.39. The molecule has 0 saturated heterocycles. The minimum Gasteiger partial charge on any atom is -0.228 e. The molecule has 98 valence electrons. The lowest BCUT2D eigenvalue weighted by Gasteiger charge is -2.00. The first kappa shape index (κ1) is 13.9. The minimum absolute atomic E-state index is 0.0608. The fourth-order valence-corrected chi connectivity index (χ4v) is 1.88. The van der Waals surface area contributed by atoms with Crippen LogP contribution in [0.3, 0.4) is 0 Å². The highest BCUT2D eigenvalue weighted by Gasteiger charge is 2.07. The third-order valence-corrected chi connectivity index (χ3v) is 3.27. The van der Waals surface area contributed by atoms with Crippen LogP contribution >= 0.6 is 22.6 Å². The summed E-state index contributed by atoms with van der Waals surface area (Å²) in [6.45, 7) is -0.0608. The summed E-state index contributed by atoms with van der Waals surface area (Å²) in [5, 5.41) is 7.31. The molecule has 0 spiro atoms. The molecule has 0 fully saturated rings. The molecule has 0 atom stereocenters. The van der Waals surface area contributed by atoms with Crippen LogP contribution < -0.4 is 0 Å². The summed E-state index contributed by atoms with van der Waals surface area (Å²) in [6, 6.07) is 4.58. The molecular weight excluding hydrogens is 370 g/mol. The molecule has 7 heteroatoms. The number of benzene rings is 1. The maximum Gasteiger partial charge on any atom is 0.219 e. The predicted molar refractivity (Wildman–Crippen MR) is 71.5 cm³/mol. The number of aromatic nitrogens is 1. The molecule has 0 N–H and O–H groups in total. The molecule has 2 rings (SSSR count). The van der Waals surface area contributed by atoms with Crippen LogP contribution in [-0.4, -0.2) is 4.98 Å². The highest BCUT2D eigenvalue weighted by molar-refractivity contribution is 14.1. The fraction of sp³-hybridized carbons (Fsp3) is 0.0833. The van der Waals surface area contributed by atoms with E-state index in [1.54, 1.807) is 6.07 Å². The smallest absolute Gasteiger partial charge is 0.219 e. The molecule has 19 heavy (non-hydrogen) atoms. The summed E-state index contributed by atoms with van der Waals surface area (Å²) in [5.74, 6) is -2.14. The molecule has 0 amide bonds. The van der Waals surface area contributed by atoms with Crippen LogP contribution in [0.5, 0.6) is 0 Å². The number of pyridine rings is 1. The second-order valence-corrected chi connectivity index (χ2v) is 4.72. The van der Waals surface area contributed by atoms with Crippen LogP contribution in [-0.2, 0) is 6.54 Å². The number of hydrogen-bond acceptors (Lipinski definition) is 3. The van der Waals surface area contributed by atoms with Gasteiger partial charge in [-0.1, -0.05) is 0 Å². The van der Waals surface area contributed by atoms with Crippen molar-refractivity contribution in [2.45, 2.75) is 6.54 Å². The van der Waals surface area contributed by atoms with E-state index in [-0.39, 0.29) is 17.8 Å². The van der Waals surface area contributed by atoms with Crippen LogP contribution in [0.4, 0.5) is 18.9 Å². The van der Waals surface area contributed by atoms with Crippen molar-refractivity contribution in [3.05, 3.63) is 57.2 Å². The van der Waals surface area contributed by atoms with Crippen molar-refractivity contribution in [1.29, 1.82) is 0 Å². The van der Waals surface area contributed by atoms with Crippen LogP contribution in [0.1, 0.15) is 5.56 Å². The van der Waals surface area contributed by atoms with E-state index < -0.39 is 17.6 Å². The summed E-state index contributed by atoms with van der Waals surface area (Å²) < 4.78 is 39.9. The molecule has 0 radical (unpaired) electrons. The number of azo groups is 1. The zero-order valence-corrected chi connectivity index (χ0v) is 11.6. The van der Waals surface area contributed by atoms with E-state index in [1.165, 1.54) is 12.3 Å². The Bertz CT molecular complexity index is 611. The van der Waals surface area contributed by atoms with E-state index in [4.69, 9.17) is 0 Å². The van der Waals surface area contributed by atoms with Crippen molar-refractivity contribution in [2.75, 3.05) is 0 Å². The molecule has 0 bridgehead atoms. The first-order chi connectivity index (χ1) is 9.08. The molecule has 3 nitrogen and oxygen atoms in total. The lowest BCUT2D eigenvalue weighted by atomic mass is 10.3. The second-order valence-electron chi connectivity index (χ2n) is 3.56. The topological polar surface area (TPSA) is 37.6 Å². The van der Waals surface area contributed by atoms with Gasteiger partial charge in [0.05, 0.1) is 6.54 Å². The van der Waals surface area contributed by atoms with Gasteiger partial charge in [0.25, 0.3) is 0 Å². The lowest BCUT2D eigenvalue weighted by molar-refractivity contribution is 0.563. The Morgan fingerprint density at radius 1 is 1.16 bits per heavy atom. The third-order valence-electron chi connectivity index (χ3n) is 2.26. The highest BCUT2D eigenvalue weighted by Crippen LogP contribution is 2.20. The Kier molecular flexibility index (Phi) is 4.46. The van der Waals surface area contributed by atoms with E-state index in [9.17, 15) is 13.2 Å². The quantitative estimate of drug-likeness (QED) is 0.444. The van der Waals surface area contributed by atoms with Crippen molar-refractivity contribution < 1.29 is 13.2 Å². The number of nitrogens with zero attached hydrogens (tertiary/aromatic N) is 3. The molecule has 0 aliphatic rings. The summed E-state index contributed by atoms with van der Waals surface area (Å²) in [5.41, 5.74) is 0.190. The number of rotatable bonds is 3. The van der Waals surface area contributed by atoms with Gasteiger partial charge in [0, 0.05) is 21.4 Å². The zero-order valence-electron chi connectivity index (χ0n) is 9.45. The number of halogens is 4. The monoisotopic (exact) mass is 377 g/mol. The van der Waals surface area contributed by atoms with Crippen molar-refractivity contribution in [2.24, 2.45) is 10.2 Å². The Morgan fingerprint density at radius 2 is 1.95 bits per heavy atom. The van der Waals surface area contributed by atoms with Crippen LogP contribution in [0.2, 0.25) is 0 Å². The lowest BCUT2D eigenvalue weighted by Crippen LogP contribution is -1.95. The average molecular weight is 377 g/mol. The molecule has 0 aliphatic carbocycles. The summed E-state index contributed by atoms with van der Waals surface area (Å²) in [6.07, 6.45) is 1.34. The van der Waals surface area contributed by atoms with Gasteiger partial charge in [0.1, 0.15) is 11.5 Å². The fourth-order valence-electron chi connectivity index (χ4n) is 1.33. The average Bonchev–Trinajstić information content (AvgIpc) is 2.35. The van der Waals surface area contributed by atoms with Crippen molar-refractivity contribution in [1.82, 2.24) is 4.98 Å². The number of hydrogen-bond donors (Lipinski definition) is 0. The van der Waals surface area contributed by atoms with E-state index in [0.29, 0.717) is 9.64 Å². The zero-order chi connectivity index (χ0) is 13.8. The highest BCUT2D eigenvalue weighted by atomic mass is 127. The van der Waals surface area contributed by atoms with Gasteiger partial charge in [-0.15, -0.1) is 0 Å². The molecule has 2 aromatic rings. The third kappa shape index (κ3) is 3.49. The van der Waals surface area contributed by atoms with E-state index >= 15 is 0 Å². The Morgan fingerprint density at radius 3 is 2.63 bits per heavy atom. The molecule has 0 saturated carbocycles. The molecule has 1 heterocycles. The van der Waals surface area contributed by atoms with Gasteiger partial charge in [0.15, 0.2) is 5.82 Å².